The lowest BCUT2D eigenvalue weighted by Crippen LogP contribution is -2.46. The SMILES string of the molecule is CN(C)C(=O)CN=C(NC1CCCCC1)N1CCC(CN2CCCCC2)C1.I. The zero-order valence-electron chi connectivity index (χ0n) is 17.9. The molecule has 3 aliphatic rings. The van der Waals surface area contributed by atoms with E-state index in [2.05, 4.69) is 15.1 Å². The van der Waals surface area contributed by atoms with Crippen LogP contribution >= 0.6 is 24.0 Å². The van der Waals surface area contributed by atoms with Crippen LogP contribution in [0.3, 0.4) is 0 Å². The van der Waals surface area contributed by atoms with Gasteiger partial charge in [-0.2, -0.15) is 0 Å². The molecular formula is C21H40IN5O. The van der Waals surface area contributed by atoms with E-state index in [-0.39, 0.29) is 36.4 Å². The monoisotopic (exact) mass is 505 g/mol. The van der Waals surface area contributed by atoms with Gasteiger partial charge in [0.25, 0.3) is 0 Å². The summed E-state index contributed by atoms with van der Waals surface area (Å²) < 4.78 is 0. The molecule has 1 N–H and O–H groups in total. The number of carbonyl (C=O) groups excluding carboxylic acids is 1. The Morgan fingerprint density at radius 1 is 1.00 bits per heavy atom. The summed E-state index contributed by atoms with van der Waals surface area (Å²) in [6.07, 6.45) is 11.8. The van der Waals surface area contributed by atoms with E-state index < -0.39 is 0 Å². The third kappa shape index (κ3) is 7.35. The maximum atomic E-state index is 12.0. The Kier molecular flexibility index (Phi) is 10.3. The normalized spacial score (nSPS) is 24.7. The summed E-state index contributed by atoms with van der Waals surface area (Å²) in [5.74, 6) is 1.77. The van der Waals surface area contributed by atoms with Crippen LogP contribution in [0, 0.1) is 5.92 Å². The van der Waals surface area contributed by atoms with Crippen molar-refractivity contribution in [3.05, 3.63) is 0 Å². The van der Waals surface area contributed by atoms with Gasteiger partial charge in [0.05, 0.1) is 0 Å². The van der Waals surface area contributed by atoms with E-state index >= 15 is 0 Å². The molecule has 7 heteroatoms. The lowest BCUT2D eigenvalue weighted by molar-refractivity contribution is -0.127. The predicted octanol–water partition coefficient (Wildman–Crippen LogP) is 2.78. The lowest BCUT2D eigenvalue weighted by Gasteiger charge is -2.31. The Balaban J connectivity index is 0.00000280. The number of likely N-dealkylation sites (N-methyl/N-ethyl adjacent to an activating group) is 1. The average molecular weight is 505 g/mol. The van der Waals surface area contributed by atoms with Gasteiger partial charge in [0.1, 0.15) is 6.54 Å². The molecule has 0 aromatic heterocycles. The molecule has 6 nitrogen and oxygen atoms in total. The van der Waals surface area contributed by atoms with E-state index in [1.54, 1.807) is 19.0 Å². The van der Waals surface area contributed by atoms with Gasteiger partial charge in [-0.15, -0.1) is 24.0 Å². The number of halogens is 1. The van der Waals surface area contributed by atoms with Crippen LogP contribution in [0.1, 0.15) is 57.8 Å². The Hall–Kier alpha value is -0.570. The second kappa shape index (κ2) is 12.2. The molecule has 2 saturated heterocycles. The van der Waals surface area contributed by atoms with Crippen LogP contribution in [-0.4, -0.2) is 86.0 Å². The minimum Gasteiger partial charge on any atom is -0.353 e. The number of guanidine groups is 1. The summed E-state index contributed by atoms with van der Waals surface area (Å²) in [5, 5.41) is 3.71. The van der Waals surface area contributed by atoms with Gasteiger partial charge < -0.3 is 20.0 Å². The number of piperidine rings is 1. The van der Waals surface area contributed by atoms with E-state index in [4.69, 9.17) is 4.99 Å². The molecule has 1 aliphatic carbocycles. The van der Waals surface area contributed by atoms with Gasteiger partial charge in [0, 0.05) is 39.8 Å². The summed E-state index contributed by atoms with van der Waals surface area (Å²) in [7, 11) is 3.60. The molecule has 0 aromatic carbocycles. The number of nitrogens with zero attached hydrogens (tertiary/aromatic N) is 4. The van der Waals surface area contributed by atoms with Crippen LogP contribution < -0.4 is 5.32 Å². The molecule has 1 atom stereocenters. The number of carbonyl (C=O) groups is 1. The molecule has 0 radical (unpaired) electrons. The van der Waals surface area contributed by atoms with Gasteiger partial charge in [-0.05, 0) is 51.1 Å². The molecule has 0 aromatic rings. The molecule has 162 valence electrons. The smallest absolute Gasteiger partial charge is 0.243 e. The largest absolute Gasteiger partial charge is 0.353 e. The Morgan fingerprint density at radius 3 is 2.36 bits per heavy atom. The number of amides is 1. The van der Waals surface area contributed by atoms with E-state index in [1.807, 2.05) is 0 Å². The molecule has 1 unspecified atom stereocenters. The maximum Gasteiger partial charge on any atom is 0.243 e. The molecule has 3 rings (SSSR count). The first-order chi connectivity index (χ1) is 13.1. The minimum absolute atomic E-state index is 0. The molecule has 2 aliphatic heterocycles. The van der Waals surface area contributed by atoms with Gasteiger partial charge in [-0.25, -0.2) is 4.99 Å². The number of rotatable bonds is 5. The Morgan fingerprint density at radius 2 is 1.68 bits per heavy atom. The first kappa shape index (κ1) is 23.7. The summed E-state index contributed by atoms with van der Waals surface area (Å²) in [6.45, 7) is 6.15. The van der Waals surface area contributed by atoms with Crippen LogP contribution in [0.2, 0.25) is 0 Å². The van der Waals surface area contributed by atoms with Crippen LogP contribution in [0.5, 0.6) is 0 Å². The number of aliphatic imine (C=N–C) groups is 1. The van der Waals surface area contributed by atoms with E-state index in [0.717, 1.165) is 25.0 Å². The summed E-state index contributed by atoms with van der Waals surface area (Å²) in [5.41, 5.74) is 0. The van der Waals surface area contributed by atoms with Gasteiger partial charge in [-0.3, -0.25) is 4.79 Å². The van der Waals surface area contributed by atoms with Crippen molar-refractivity contribution in [3.63, 3.8) is 0 Å². The van der Waals surface area contributed by atoms with Crippen LogP contribution in [0.4, 0.5) is 0 Å². The molecule has 1 amide bonds. The zero-order chi connectivity index (χ0) is 19.1. The van der Waals surface area contributed by atoms with Gasteiger partial charge in [0.2, 0.25) is 5.91 Å². The van der Waals surface area contributed by atoms with Crippen molar-refractivity contribution in [2.45, 2.75) is 63.8 Å². The third-order valence-electron chi connectivity index (χ3n) is 6.35. The standard InChI is InChI=1S/C21H39N5O.HI/c1-24(2)20(27)15-22-21(23-19-9-5-3-6-10-19)26-14-11-18(17-26)16-25-12-7-4-8-13-25;/h18-19H,3-17H2,1-2H3,(H,22,23);1H. The predicted molar refractivity (Wildman–Crippen MR) is 126 cm³/mol. The molecule has 0 spiro atoms. The number of nitrogens with one attached hydrogen (secondary N) is 1. The summed E-state index contributed by atoms with van der Waals surface area (Å²) in [4.78, 5) is 23.5. The molecular weight excluding hydrogens is 465 g/mol. The lowest BCUT2D eigenvalue weighted by atomic mass is 9.96. The van der Waals surface area contributed by atoms with E-state index in [1.165, 1.54) is 77.4 Å². The number of hydrogen-bond acceptors (Lipinski definition) is 3. The number of likely N-dealkylation sites (tertiary alicyclic amines) is 2. The van der Waals surface area contributed by atoms with Gasteiger partial charge in [0.15, 0.2) is 5.96 Å². The minimum atomic E-state index is 0. The van der Waals surface area contributed by atoms with Crippen molar-refractivity contribution in [3.8, 4) is 0 Å². The van der Waals surface area contributed by atoms with Crippen molar-refractivity contribution in [1.82, 2.24) is 20.0 Å². The molecule has 3 fully saturated rings. The van der Waals surface area contributed by atoms with Crippen molar-refractivity contribution in [2.75, 3.05) is 53.4 Å². The maximum absolute atomic E-state index is 12.0. The van der Waals surface area contributed by atoms with E-state index in [9.17, 15) is 4.79 Å². The molecule has 0 bridgehead atoms. The van der Waals surface area contributed by atoms with Crippen molar-refractivity contribution in [2.24, 2.45) is 10.9 Å². The average Bonchev–Trinajstić information content (AvgIpc) is 3.14. The molecule has 1 saturated carbocycles. The zero-order valence-corrected chi connectivity index (χ0v) is 20.2. The van der Waals surface area contributed by atoms with Gasteiger partial charge in [-0.1, -0.05) is 25.7 Å². The first-order valence-electron chi connectivity index (χ1n) is 11.1. The van der Waals surface area contributed by atoms with Crippen LogP contribution in [0.15, 0.2) is 4.99 Å². The highest BCUT2D eigenvalue weighted by molar-refractivity contribution is 14.0. The highest BCUT2D eigenvalue weighted by atomic mass is 127. The second-order valence-electron chi connectivity index (χ2n) is 8.87. The summed E-state index contributed by atoms with van der Waals surface area (Å²) in [6, 6.07) is 0.521. The fourth-order valence-corrected chi connectivity index (χ4v) is 4.63. The van der Waals surface area contributed by atoms with Crippen LogP contribution in [-0.2, 0) is 4.79 Å². The van der Waals surface area contributed by atoms with Crippen LogP contribution in [0.25, 0.3) is 0 Å². The highest BCUT2D eigenvalue weighted by Crippen LogP contribution is 2.22. The first-order valence-corrected chi connectivity index (χ1v) is 11.1. The van der Waals surface area contributed by atoms with Gasteiger partial charge >= 0.3 is 0 Å². The van der Waals surface area contributed by atoms with Crippen molar-refractivity contribution in [1.29, 1.82) is 0 Å². The Bertz CT molecular complexity index is 501. The third-order valence-corrected chi connectivity index (χ3v) is 6.35. The molecule has 2 heterocycles. The number of hydrogen-bond donors (Lipinski definition) is 1. The second-order valence-corrected chi connectivity index (χ2v) is 8.87. The summed E-state index contributed by atoms with van der Waals surface area (Å²) >= 11 is 0. The van der Waals surface area contributed by atoms with E-state index in [0.29, 0.717) is 6.04 Å². The topological polar surface area (TPSA) is 51.2 Å². The fourth-order valence-electron chi connectivity index (χ4n) is 4.63. The highest BCUT2D eigenvalue weighted by Gasteiger charge is 2.28. The van der Waals surface area contributed by atoms with Crippen molar-refractivity contribution < 1.29 is 4.79 Å². The molecule has 28 heavy (non-hydrogen) atoms. The fraction of sp³-hybridized carbons (Fsp3) is 0.905. The van der Waals surface area contributed by atoms with Crippen molar-refractivity contribution >= 4 is 35.8 Å². The Labute approximate surface area is 188 Å². The quantitative estimate of drug-likeness (QED) is 0.355.